The van der Waals surface area contributed by atoms with E-state index in [1.165, 1.54) is 5.56 Å². The minimum Gasteiger partial charge on any atom is -0.378 e. The minimum atomic E-state index is -0.0188. The fraction of sp³-hybridized carbons (Fsp3) is 0.391. The van der Waals surface area contributed by atoms with Crippen molar-refractivity contribution in [2.24, 2.45) is 0 Å². The first-order valence-corrected chi connectivity index (χ1v) is 10.6. The SMILES string of the molecule is COCc1c(C(=O)N2CCN(C)CC2)cnn1-c1ncc2c(n1)-c1ccccc1CC2. The van der Waals surface area contributed by atoms with E-state index in [0.29, 0.717) is 30.3 Å². The highest BCUT2D eigenvalue weighted by molar-refractivity contribution is 5.95. The van der Waals surface area contributed by atoms with Crippen LogP contribution in [0.15, 0.2) is 36.7 Å². The monoisotopic (exact) mass is 418 g/mol. The Morgan fingerprint density at radius 1 is 1.06 bits per heavy atom. The maximum atomic E-state index is 13.2. The summed E-state index contributed by atoms with van der Waals surface area (Å²) in [5.74, 6) is 0.439. The van der Waals surface area contributed by atoms with E-state index >= 15 is 0 Å². The maximum absolute atomic E-state index is 13.2. The van der Waals surface area contributed by atoms with Gasteiger partial charge < -0.3 is 14.5 Å². The van der Waals surface area contributed by atoms with Gasteiger partial charge in [-0.15, -0.1) is 0 Å². The van der Waals surface area contributed by atoms with E-state index in [1.54, 1.807) is 18.0 Å². The van der Waals surface area contributed by atoms with Crippen LogP contribution >= 0.6 is 0 Å². The van der Waals surface area contributed by atoms with Crippen molar-refractivity contribution in [2.45, 2.75) is 19.4 Å². The summed E-state index contributed by atoms with van der Waals surface area (Å²) in [6, 6.07) is 8.35. The predicted octanol–water partition coefficient (Wildman–Crippen LogP) is 1.96. The Morgan fingerprint density at radius 3 is 2.65 bits per heavy atom. The lowest BCUT2D eigenvalue weighted by molar-refractivity contribution is 0.0659. The first kappa shape index (κ1) is 19.8. The van der Waals surface area contributed by atoms with Crippen LogP contribution in [0.25, 0.3) is 17.2 Å². The molecule has 8 nitrogen and oxygen atoms in total. The topological polar surface area (TPSA) is 76.4 Å². The molecular formula is C23H26N6O2. The molecular weight excluding hydrogens is 392 g/mol. The van der Waals surface area contributed by atoms with Crippen LogP contribution < -0.4 is 0 Å². The van der Waals surface area contributed by atoms with Crippen LogP contribution in [0.2, 0.25) is 0 Å². The summed E-state index contributed by atoms with van der Waals surface area (Å²) in [6.07, 6.45) is 5.41. The quantitative estimate of drug-likeness (QED) is 0.645. The van der Waals surface area contributed by atoms with E-state index in [9.17, 15) is 4.79 Å². The van der Waals surface area contributed by atoms with Gasteiger partial charge in [0.25, 0.3) is 11.9 Å². The van der Waals surface area contributed by atoms with E-state index in [4.69, 9.17) is 9.72 Å². The predicted molar refractivity (Wildman–Crippen MR) is 116 cm³/mol. The number of nitrogens with zero attached hydrogens (tertiary/aromatic N) is 6. The van der Waals surface area contributed by atoms with Crippen molar-refractivity contribution in [3.05, 3.63) is 59.0 Å². The van der Waals surface area contributed by atoms with Gasteiger partial charge in [0.05, 0.1) is 29.8 Å². The number of aryl methyl sites for hydroxylation is 2. The van der Waals surface area contributed by atoms with Crippen LogP contribution in [-0.2, 0) is 24.2 Å². The first-order valence-electron chi connectivity index (χ1n) is 10.6. The number of piperazine rings is 1. The summed E-state index contributed by atoms with van der Waals surface area (Å²) in [5, 5.41) is 4.49. The summed E-state index contributed by atoms with van der Waals surface area (Å²) in [6.45, 7) is 3.41. The Labute approximate surface area is 181 Å². The third kappa shape index (κ3) is 3.62. The summed E-state index contributed by atoms with van der Waals surface area (Å²) >= 11 is 0. The van der Waals surface area contributed by atoms with Crippen molar-refractivity contribution in [2.75, 3.05) is 40.3 Å². The number of methoxy groups -OCH3 is 1. The number of likely N-dealkylation sites (N-methyl/N-ethyl adjacent to an activating group) is 1. The second-order valence-electron chi connectivity index (χ2n) is 8.15. The Kier molecular flexibility index (Phi) is 5.25. The molecule has 3 aromatic rings. The van der Waals surface area contributed by atoms with Gasteiger partial charge in [-0.05, 0) is 31.0 Å². The molecule has 160 valence electrons. The van der Waals surface area contributed by atoms with E-state index in [1.807, 2.05) is 17.2 Å². The molecule has 0 saturated carbocycles. The molecule has 8 heteroatoms. The van der Waals surface area contributed by atoms with E-state index in [-0.39, 0.29) is 12.5 Å². The number of carbonyl (C=O) groups is 1. The number of benzene rings is 1. The molecule has 5 rings (SSSR count). The number of amides is 1. The van der Waals surface area contributed by atoms with Crippen LogP contribution in [0.3, 0.4) is 0 Å². The molecule has 3 heterocycles. The number of ether oxygens (including phenoxy) is 1. The largest absolute Gasteiger partial charge is 0.378 e. The number of fused-ring (bicyclic) bond motifs is 3. The van der Waals surface area contributed by atoms with E-state index in [2.05, 4.69) is 40.2 Å². The molecule has 0 spiro atoms. The van der Waals surface area contributed by atoms with Gasteiger partial charge in [-0.2, -0.15) is 9.78 Å². The molecule has 0 N–H and O–H groups in total. The Bertz CT molecular complexity index is 1120. The number of hydrogen-bond donors (Lipinski definition) is 0. The normalized spacial score (nSPS) is 16.1. The molecule has 31 heavy (non-hydrogen) atoms. The third-order valence-corrected chi connectivity index (χ3v) is 6.15. The summed E-state index contributed by atoms with van der Waals surface area (Å²) in [5.41, 5.74) is 5.74. The summed E-state index contributed by atoms with van der Waals surface area (Å²) < 4.78 is 7.06. The van der Waals surface area contributed by atoms with Crippen molar-refractivity contribution >= 4 is 5.91 Å². The molecule has 1 aliphatic carbocycles. The van der Waals surface area contributed by atoms with Gasteiger partial charge in [-0.25, -0.2) is 9.97 Å². The molecule has 1 aromatic carbocycles. The average molecular weight is 419 g/mol. The molecule has 0 bridgehead atoms. The van der Waals surface area contributed by atoms with Crippen LogP contribution in [0.4, 0.5) is 0 Å². The first-order chi connectivity index (χ1) is 15.2. The Morgan fingerprint density at radius 2 is 1.84 bits per heavy atom. The van der Waals surface area contributed by atoms with Gasteiger partial charge in [0.2, 0.25) is 0 Å². The van der Waals surface area contributed by atoms with Crippen LogP contribution in [-0.4, -0.2) is 75.8 Å². The molecule has 2 aliphatic rings. The van der Waals surface area contributed by atoms with Gasteiger partial charge in [-0.1, -0.05) is 24.3 Å². The Hall–Kier alpha value is -3.10. The van der Waals surface area contributed by atoms with Gasteiger partial charge >= 0.3 is 0 Å². The van der Waals surface area contributed by atoms with Crippen molar-refractivity contribution in [1.29, 1.82) is 0 Å². The highest BCUT2D eigenvalue weighted by Gasteiger charge is 2.27. The molecule has 0 atom stereocenters. The Balaban J connectivity index is 1.52. The summed E-state index contributed by atoms with van der Waals surface area (Å²) in [4.78, 5) is 26.7. The van der Waals surface area contributed by atoms with Gasteiger partial charge in [0.15, 0.2) is 0 Å². The zero-order chi connectivity index (χ0) is 21.4. The second kappa shape index (κ2) is 8.20. The van der Waals surface area contributed by atoms with Crippen molar-refractivity contribution in [3.63, 3.8) is 0 Å². The van der Waals surface area contributed by atoms with Crippen LogP contribution in [0.5, 0.6) is 0 Å². The second-order valence-corrected chi connectivity index (χ2v) is 8.15. The van der Waals surface area contributed by atoms with E-state index < -0.39 is 0 Å². The molecule has 1 aliphatic heterocycles. The zero-order valence-electron chi connectivity index (χ0n) is 17.9. The van der Waals surface area contributed by atoms with E-state index in [0.717, 1.165) is 42.8 Å². The lowest BCUT2D eigenvalue weighted by Crippen LogP contribution is -2.47. The number of carbonyl (C=O) groups excluding carboxylic acids is 1. The van der Waals surface area contributed by atoms with Crippen LogP contribution in [0, 0.1) is 0 Å². The summed E-state index contributed by atoms with van der Waals surface area (Å²) in [7, 11) is 3.69. The molecule has 1 fully saturated rings. The minimum absolute atomic E-state index is 0.0188. The molecule has 1 saturated heterocycles. The molecule has 0 radical (unpaired) electrons. The highest BCUT2D eigenvalue weighted by atomic mass is 16.5. The smallest absolute Gasteiger partial charge is 0.257 e. The van der Waals surface area contributed by atoms with Crippen molar-refractivity contribution in [3.8, 4) is 17.2 Å². The molecule has 1 amide bonds. The third-order valence-electron chi connectivity index (χ3n) is 6.15. The standard InChI is InChI=1S/C23H26N6O2/c1-27-9-11-28(12-10-27)22(30)19-14-25-29(20(19)15-31-2)23-24-13-17-8-7-16-5-3-4-6-18(16)21(17)26-23/h3-6,13-14H,7-12,15H2,1-2H3. The molecule has 2 aromatic heterocycles. The van der Waals surface area contributed by atoms with Crippen molar-refractivity contribution < 1.29 is 9.53 Å². The maximum Gasteiger partial charge on any atom is 0.257 e. The number of aromatic nitrogens is 4. The van der Waals surface area contributed by atoms with Gasteiger partial charge in [0, 0.05) is 45.0 Å². The lowest BCUT2D eigenvalue weighted by Gasteiger charge is -2.32. The zero-order valence-corrected chi connectivity index (χ0v) is 17.9. The number of rotatable bonds is 4. The fourth-order valence-corrected chi connectivity index (χ4v) is 4.33. The van der Waals surface area contributed by atoms with Gasteiger partial charge in [-0.3, -0.25) is 4.79 Å². The highest BCUT2D eigenvalue weighted by Crippen LogP contribution is 2.32. The van der Waals surface area contributed by atoms with Crippen molar-refractivity contribution in [1.82, 2.24) is 29.5 Å². The van der Waals surface area contributed by atoms with Gasteiger partial charge in [0.1, 0.15) is 0 Å². The number of hydrogen-bond acceptors (Lipinski definition) is 6. The lowest BCUT2D eigenvalue weighted by atomic mass is 9.90. The molecule has 0 unspecified atom stereocenters. The fourth-order valence-electron chi connectivity index (χ4n) is 4.33. The van der Waals surface area contributed by atoms with Crippen LogP contribution in [0.1, 0.15) is 27.2 Å². The average Bonchev–Trinajstić information content (AvgIpc) is 3.22.